The number of aromatic nitrogens is 1. The van der Waals surface area contributed by atoms with E-state index < -0.39 is 11.8 Å². The van der Waals surface area contributed by atoms with Crippen LogP contribution in [0.2, 0.25) is 0 Å². The van der Waals surface area contributed by atoms with Gasteiger partial charge in [-0.25, -0.2) is 9.37 Å². The zero-order valence-corrected chi connectivity index (χ0v) is 11.4. The Morgan fingerprint density at radius 2 is 2.29 bits per heavy atom. The largest absolute Gasteiger partial charge is 0.481 e. The van der Waals surface area contributed by atoms with Crippen LogP contribution in [0.1, 0.15) is 19.3 Å². The minimum absolute atomic E-state index is 0.0106. The topological polar surface area (TPSA) is 94.6 Å². The fourth-order valence-electron chi connectivity index (χ4n) is 2.29. The Labute approximate surface area is 121 Å². The molecule has 8 heteroatoms. The molecule has 3 N–H and O–H groups in total. The number of halogens is 1. The number of nitrogens with zero attached hydrogens (tertiary/aromatic N) is 2. The van der Waals surface area contributed by atoms with Gasteiger partial charge in [-0.3, -0.25) is 25.3 Å². The maximum Gasteiger partial charge on any atom is 0.304 e. The Bertz CT molecular complexity index is 509. The zero-order valence-electron chi connectivity index (χ0n) is 11.4. The normalized spacial score (nSPS) is 18.4. The Morgan fingerprint density at radius 3 is 2.95 bits per heavy atom. The number of likely N-dealkylation sites (tertiary alicyclic amines) is 1. The Balaban J connectivity index is 1.84. The number of carbonyl (C=O) groups excluding carboxylic acids is 1. The van der Waals surface area contributed by atoms with E-state index in [1.165, 1.54) is 12.1 Å². The lowest BCUT2D eigenvalue weighted by molar-refractivity contribution is -0.138. The first-order chi connectivity index (χ1) is 10.1. The summed E-state index contributed by atoms with van der Waals surface area (Å²) < 4.78 is 12.7. The van der Waals surface area contributed by atoms with Crippen LogP contribution in [0.5, 0.6) is 0 Å². The number of carbonyl (C=O) groups is 2. The molecule has 21 heavy (non-hydrogen) atoms. The lowest BCUT2D eigenvalue weighted by Gasteiger charge is -2.23. The van der Waals surface area contributed by atoms with Crippen LogP contribution in [-0.2, 0) is 9.59 Å². The average Bonchev–Trinajstić information content (AvgIpc) is 2.92. The van der Waals surface area contributed by atoms with Crippen molar-refractivity contribution in [1.29, 1.82) is 0 Å². The lowest BCUT2D eigenvalue weighted by atomic mass is 10.2. The number of hydrogen-bond donors (Lipinski definition) is 3. The third-order valence-corrected chi connectivity index (χ3v) is 3.32. The van der Waals surface area contributed by atoms with Gasteiger partial charge in [0.2, 0.25) is 0 Å². The third kappa shape index (κ3) is 4.38. The Hall–Kier alpha value is -2.22. The summed E-state index contributed by atoms with van der Waals surface area (Å²) in [6.07, 6.45) is 2.59. The van der Waals surface area contributed by atoms with E-state index in [9.17, 15) is 14.0 Å². The van der Waals surface area contributed by atoms with Crippen LogP contribution in [0, 0.1) is 5.82 Å². The molecule has 1 aliphatic rings. The summed E-state index contributed by atoms with van der Waals surface area (Å²) >= 11 is 0. The predicted molar refractivity (Wildman–Crippen MR) is 72.8 cm³/mol. The van der Waals surface area contributed by atoms with Crippen molar-refractivity contribution in [1.82, 2.24) is 15.3 Å². The fourth-order valence-corrected chi connectivity index (χ4v) is 2.29. The minimum Gasteiger partial charge on any atom is -0.481 e. The Kier molecular flexibility index (Phi) is 5.04. The maximum absolute atomic E-state index is 12.7. The predicted octanol–water partition coefficient (Wildman–Crippen LogP) is 0.603. The first-order valence-electron chi connectivity index (χ1n) is 6.69. The van der Waals surface area contributed by atoms with Crippen molar-refractivity contribution < 1.29 is 19.1 Å². The van der Waals surface area contributed by atoms with Crippen molar-refractivity contribution in [2.45, 2.75) is 25.3 Å². The van der Waals surface area contributed by atoms with Gasteiger partial charge in [-0.1, -0.05) is 0 Å². The molecule has 1 saturated heterocycles. The number of hydrogen-bond acceptors (Lipinski definition) is 5. The molecule has 1 aromatic rings. The average molecular weight is 296 g/mol. The van der Waals surface area contributed by atoms with Crippen LogP contribution in [0.25, 0.3) is 0 Å². The summed E-state index contributed by atoms with van der Waals surface area (Å²) in [5, 5.41) is 8.69. The third-order valence-electron chi connectivity index (χ3n) is 3.32. The highest BCUT2D eigenvalue weighted by Crippen LogP contribution is 2.17. The zero-order chi connectivity index (χ0) is 15.2. The number of carboxylic acids is 1. The summed E-state index contributed by atoms with van der Waals surface area (Å²) in [6, 6.07) is 2.29. The van der Waals surface area contributed by atoms with E-state index in [-0.39, 0.29) is 18.4 Å². The molecule has 0 saturated carbocycles. The van der Waals surface area contributed by atoms with Crippen LogP contribution < -0.4 is 10.9 Å². The molecule has 1 aromatic heterocycles. The molecular weight excluding hydrogens is 279 g/mol. The highest BCUT2D eigenvalue weighted by Gasteiger charge is 2.30. The molecule has 0 aliphatic carbocycles. The quantitative estimate of drug-likeness (QED) is 0.666. The molecule has 0 radical (unpaired) electrons. The molecule has 1 aliphatic heterocycles. The van der Waals surface area contributed by atoms with Crippen LogP contribution in [0.3, 0.4) is 0 Å². The van der Waals surface area contributed by atoms with Gasteiger partial charge < -0.3 is 5.11 Å². The first kappa shape index (κ1) is 15.2. The fraction of sp³-hybridized carbons (Fsp3) is 0.462. The van der Waals surface area contributed by atoms with Crippen molar-refractivity contribution in [3.8, 4) is 0 Å². The second-order valence-electron chi connectivity index (χ2n) is 4.81. The Morgan fingerprint density at radius 1 is 1.48 bits per heavy atom. The second-order valence-corrected chi connectivity index (χ2v) is 4.81. The monoisotopic (exact) mass is 296 g/mol. The summed E-state index contributed by atoms with van der Waals surface area (Å²) in [5.74, 6) is -1.25. The molecular formula is C13H17FN4O3. The second kappa shape index (κ2) is 6.98. The molecule has 2 rings (SSSR count). The van der Waals surface area contributed by atoms with Crippen molar-refractivity contribution in [2.75, 3.05) is 18.5 Å². The van der Waals surface area contributed by atoms with Gasteiger partial charge in [-0.05, 0) is 31.5 Å². The van der Waals surface area contributed by atoms with Crippen LogP contribution in [0.4, 0.5) is 10.2 Å². The number of pyridine rings is 1. The molecule has 0 bridgehead atoms. The molecule has 114 valence electrons. The number of nitrogens with one attached hydrogen (secondary N) is 2. The van der Waals surface area contributed by atoms with Gasteiger partial charge in [0.1, 0.15) is 11.6 Å². The van der Waals surface area contributed by atoms with E-state index in [4.69, 9.17) is 5.11 Å². The van der Waals surface area contributed by atoms with Gasteiger partial charge in [-0.2, -0.15) is 0 Å². The summed E-state index contributed by atoms with van der Waals surface area (Å²) in [6.45, 7) is 1.06. The number of hydrazine groups is 1. The van der Waals surface area contributed by atoms with E-state index in [1.807, 2.05) is 4.90 Å². The SMILES string of the molecule is O=C(O)CCN1CCC[C@H]1C(=O)NNc1ccc(F)cn1. The van der Waals surface area contributed by atoms with Crippen molar-refractivity contribution in [3.05, 3.63) is 24.1 Å². The van der Waals surface area contributed by atoms with E-state index in [0.29, 0.717) is 25.3 Å². The van der Waals surface area contributed by atoms with E-state index >= 15 is 0 Å². The molecule has 1 amide bonds. The van der Waals surface area contributed by atoms with Gasteiger partial charge in [-0.15, -0.1) is 0 Å². The van der Waals surface area contributed by atoms with Gasteiger partial charge in [0, 0.05) is 6.54 Å². The number of aliphatic carboxylic acids is 1. The van der Waals surface area contributed by atoms with E-state index in [1.54, 1.807) is 0 Å². The maximum atomic E-state index is 12.7. The summed E-state index contributed by atoms with van der Waals surface area (Å²) in [7, 11) is 0. The van der Waals surface area contributed by atoms with Crippen molar-refractivity contribution in [2.24, 2.45) is 0 Å². The van der Waals surface area contributed by atoms with Crippen molar-refractivity contribution >= 4 is 17.7 Å². The van der Waals surface area contributed by atoms with Crippen LogP contribution in [0.15, 0.2) is 18.3 Å². The highest BCUT2D eigenvalue weighted by molar-refractivity contribution is 5.83. The number of amides is 1. The highest BCUT2D eigenvalue weighted by atomic mass is 19.1. The van der Waals surface area contributed by atoms with Crippen LogP contribution in [-0.4, -0.2) is 46.0 Å². The van der Waals surface area contributed by atoms with E-state index in [0.717, 1.165) is 12.6 Å². The van der Waals surface area contributed by atoms with E-state index in [2.05, 4.69) is 15.8 Å². The van der Waals surface area contributed by atoms with Gasteiger partial charge in [0.25, 0.3) is 5.91 Å². The van der Waals surface area contributed by atoms with Gasteiger partial charge in [0.15, 0.2) is 0 Å². The number of carboxylic acid groups (broad SMARTS) is 1. The van der Waals surface area contributed by atoms with Crippen LogP contribution >= 0.6 is 0 Å². The molecule has 1 atom stereocenters. The van der Waals surface area contributed by atoms with Gasteiger partial charge in [0.05, 0.1) is 18.7 Å². The molecule has 0 unspecified atom stereocenters. The minimum atomic E-state index is -0.880. The molecule has 0 spiro atoms. The number of rotatable bonds is 6. The molecule has 0 aromatic carbocycles. The summed E-state index contributed by atoms with van der Waals surface area (Å²) in [4.78, 5) is 28.3. The standard InChI is InChI=1S/C13H17FN4O3/c14-9-3-4-11(15-8-9)16-17-13(21)10-2-1-6-18(10)7-5-12(19)20/h3-4,8,10H,1-2,5-7H2,(H,15,16)(H,17,21)(H,19,20)/t10-/m0/s1. The van der Waals surface area contributed by atoms with Gasteiger partial charge >= 0.3 is 5.97 Å². The summed E-state index contributed by atoms with van der Waals surface area (Å²) in [5.41, 5.74) is 5.13. The number of anilines is 1. The molecule has 7 nitrogen and oxygen atoms in total. The lowest BCUT2D eigenvalue weighted by Crippen LogP contribution is -2.45. The smallest absolute Gasteiger partial charge is 0.304 e. The molecule has 1 fully saturated rings. The first-order valence-corrected chi connectivity index (χ1v) is 6.69. The molecule has 2 heterocycles. The van der Waals surface area contributed by atoms with Crippen molar-refractivity contribution in [3.63, 3.8) is 0 Å².